The highest BCUT2D eigenvalue weighted by molar-refractivity contribution is 5.59. The first-order valence-corrected chi connectivity index (χ1v) is 5.38. The summed E-state index contributed by atoms with van der Waals surface area (Å²) in [5, 5.41) is 4.41. The van der Waals surface area contributed by atoms with E-state index in [1.807, 2.05) is 50.4 Å². The Balaban J connectivity index is 2.40. The summed E-state index contributed by atoms with van der Waals surface area (Å²) in [5.74, 6) is 0. The zero-order valence-electron chi connectivity index (χ0n) is 9.79. The molecule has 0 aliphatic carbocycles. The number of rotatable bonds is 3. The monoisotopic (exact) mass is 227 g/mol. The molecular formula is C13H13N3O. The highest BCUT2D eigenvalue weighted by atomic mass is 16.1. The molecule has 0 aliphatic rings. The quantitative estimate of drug-likeness (QED) is 0.597. The van der Waals surface area contributed by atoms with Crippen molar-refractivity contribution >= 4 is 6.08 Å². The highest BCUT2D eigenvalue weighted by Crippen LogP contribution is 2.23. The number of hydrogen-bond donors (Lipinski definition) is 0. The van der Waals surface area contributed by atoms with Gasteiger partial charge in [-0.15, -0.1) is 0 Å². The molecule has 17 heavy (non-hydrogen) atoms. The van der Waals surface area contributed by atoms with Crippen LogP contribution in [0.25, 0.3) is 11.3 Å². The fraction of sp³-hybridized carbons (Fsp3) is 0.231. The Hall–Kier alpha value is -2.19. The van der Waals surface area contributed by atoms with E-state index in [1.54, 1.807) is 10.8 Å². The fourth-order valence-corrected chi connectivity index (χ4v) is 1.77. The number of carbonyl (C=O) groups excluding carboxylic acids is 1. The molecule has 1 unspecified atom stereocenters. The lowest BCUT2D eigenvalue weighted by Gasteiger charge is -2.02. The van der Waals surface area contributed by atoms with Gasteiger partial charge in [0.2, 0.25) is 6.08 Å². The average molecular weight is 227 g/mol. The van der Waals surface area contributed by atoms with E-state index in [9.17, 15) is 4.79 Å². The Morgan fingerprint density at radius 2 is 2.06 bits per heavy atom. The summed E-state index contributed by atoms with van der Waals surface area (Å²) in [6.45, 7) is 1.84. The van der Waals surface area contributed by atoms with E-state index in [4.69, 9.17) is 0 Å². The SMILES string of the molecule is CC(N=C=O)c1cc(-c2ccccc2)nn1C. The molecule has 1 aromatic carbocycles. The lowest BCUT2D eigenvalue weighted by Crippen LogP contribution is -2.00. The van der Waals surface area contributed by atoms with Crippen molar-refractivity contribution in [2.45, 2.75) is 13.0 Å². The predicted octanol–water partition coefficient (Wildman–Crippen LogP) is 2.48. The van der Waals surface area contributed by atoms with E-state index < -0.39 is 0 Å². The van der Waals surface area contributed by atoms with Crippen molar-refractivity contribution < 1.29 is 4.79 Å². The smallest absolute Gasteiger partial charge is 0.235 e. The van der Waals surface area contributed by atoms with Gasteiger partial charge in [-0.05, 0) is 13.0 Å². The highest BCUT2D eigenvalue weighted by Gasteiger charge is 2.12. The number of nitrogens with zero attached hydrogens (tertiary/aromatic N) is 3. The molecule has 4 heteroatoms. The molecule has 0 spiro atoms. The maximum absolute atomic E-state index is 10.3. The van der Waals surface area contributed by atoms with Crippen molar-refractivity contribution in [1.29, 1.82) is 0 Å². The van der Waals surface area contributed by atoms with E-state index in [1.165, 1.54) is 0 Å². The standard InChI is InChI=1S/C13H13N3O/c1-10(14-9-17)13-8-12(15-16(13)2)11-6-4-3-5-7-11/h3-8,10H,1-2H3. The van der Waals surface area contributed by atoms with Gasteiger partial charge >= 0.3 is 0 Å². The Morgan fingerprint density at radius 1 is 1.35 bits per heavy atom. The second-order valence-corrected chi connectivity index (χ2v) is 3.84. The van der Waals surface area contributed by atoms with Crippen molar-refractivity contribution in [3.63, 3.8) is 0 Å². The Morgan fingerprint density at radius 3 is 2.71 bits per heavy atom. The number of aryl methyl sites for hydroxylation is 1. The minimum atomic E-state index is -0.220. The molecule has 0 radical (unpaired) electrons. The Labute approximate surface area is 99.6 Å². The van der Waals surface area contributed by atoms with Gasteiger partial charge in [0.1, 0.15) is 6.04 Å². The number of benzene rings is 1. The summed E-state index contributed by atoms with van der Waals surface area (Å²) < 4.78 is 1.74. The van der Waals surface area contributed by atoms with Gasteiger partial charge in [-0.3, -0.25) is 4.68 Å². The second-order valence-electron chi connectivity index (χ2n) is 3.84. The first-order chi connectivity index (χ1) is 8.22. The van der Waals surface area contributed by atoms with Crippen LogP contribution in [0.15, 0.2) is 41.4 Å². The molecule has 0 aliphatic heterocycles. The minimum absolute atomic E-state index is 0.220. The van der Waals surface area contributed by atoms with Crippen molar-refractivity contribution in [3.8, 4) is 11.3 Å². The first-order valence-electron chi connectivity index (χ1n) is 5.38. The zero-order valence-corrected chi connectivity index (χ0v) is 9.79. The lowest BCUT2D eigenvalue weighted by atomic mass is 10.1. The molecule has 1 aromatic heterocycles. The third-order valence-electron chi connectivity index (χ3n) is 2.66. The van der Waals surface area contributed by atoms with Crippen LogP contribution in [0.5, 0.6) is 0 Å². The van der Waals surface area contributed by atoms with Crippen LogP contribution < -0.4 is 0 Å². The summed E-state index contributed by atoms with van der Waals surface area (Å²) in [6.07, 6.45) is 1.58. The van der Waals surface area contributed by atoms with Crippen LogP contribution in [0.3, 0.4) is 0 Å². The molecule has 1 heterocycles. The van der Waals surface area contributed by atoms with Gasteiger partial charge in [-0.1, -0.05) is 30.3 Å². The molecule has 0 fully saturated rings. The minimum Gasteiger partial charge on any atom is -0.270 e. The van der Waals surface area contributed by atoms with E-state index in [0.717, 1.165) is 17.0 Å². The van der Waals surface area contributed by atoms with Gasteiger partial charge in [0, 0.05) is 12.6 Å². The third-order valence-corrected chi connectivity index (χ3v) is 2.66. The lowest BCUT2D eigenvalue weighted by molar-refractivity contribution is 0.556. The molecule has 0 saturated heterocycles. The van der Waals surface area contributed by atoms with Crippen LogP contribution in [0, 0.1) is 0 Å². The van der Waals surface area contributed by atoms with Crippen LogP contribution in [0.4, 0.5) is 0 Å². The van der Waals surface area contributed by atoms with Crippen molar-refractivity contribution in [2.75, 3.05) is 0 Å². The number of hydrogen-bond acceptors (Lipinski definition) is 3. The average Bonchev–Trinajstić information content (AvgIpc) is 2.73. The van der Waals surface area contributed by atoms with Crippen molar-refractivity contribution in [2.24, 2.45) is 12.0 Å². The van der Waals surface area contributed by atoms with Crippen LogP contribution in [-0.4, -0.2) is 15.9 Å². The van der Waals surface area contributed by atoms with Gasteiger partial charge < -0.3 is 0 Å². The van der Waals surface area contributed by atoms with Gasteiger partial charge in [0.05, 0.1) is 11.4 Å². The summed E-state index contributed by atoms with van der Waals surface area (Å²) in [7, 11) is 1.85. The van der Waals surface area contributed by atoms with Gasteiger partial charge in [0.25, 0.3) is 0 Å². The predicted molar refractivity (Wildman–Crippen MR) is 65.2 cm³/mol. The molecule has 86 valence electrons. The van der Waals surface area contributed by atoms with E-state index in [2.05, 4.69) is 10.1 Å². The largest absolute Gasteiger partial charge is 0.270 e. The van der Waals surface area contributed by atoms with Crippen LogP contribution in [0.1, 0.15) is 18.7 Å². The molecule has 0 bridgehead atoms. The summed E-state index contributed by atoms with van der Waals surface area (Å²) in [6, 6.07) is 11.6. The number of aliphatic imine (C=N–C) groups is 1. The second kappa shape index (κ2) is 4.76. The first kappa shape index (κ1) is 11.3. The molecule has 0 N–H and O–H groups in total. The summed E-state index contributed by atoms with van der Waals surface area (Å²) >= 11 is 0. The van der Waals surface area contributed by atoms with E-state index in [0.29, 0.717) is 0 Å². The van der Waals surface area contributed by atoms with Crippen molar-refractivity contribution in [1.82, 2.24) is 9.78 Å². The number of aromatic nitrogens is 2. The molecule has 0 amide bonds. The van der Waals surface area contributed by atoms with E-state index in [-0.39, 0.29) is 6.04 Å². The summed E-state index contributed by atoms with van der Waals surface area (Å²) in [4.78, 5) is 14.0. The van der Waals surface area contributed by atoms with Gasteiger partial charge in [-0.2, -0.15) is 10.1 Å². The fourth-order valence-electron chi connectivity index (χ4n) is 1.77. The Kier molecular flexibility index (Phi) is 3.17. The molecule has 0 saturated carbocycles. The zero-order chi connectivity index (χ0) is 12.3. The number of isocyanates is 1. The third kappa shape index (κ3) is 2.32. The van der Waals surface area contributed by atoms with Gasteiger partial charge in [0.15, 0.2) is 0 Å². The van der Waals surface area contributed by atoms with Crippen LogP contribution in [-0.2, 0) is 11.8 Å². The van der Waals surface area contributed by atoms with Crippen LogP contribution >= 0.6 is 0 Å². The Bertz CT molecular complexity index is 553. The molecule has 2 aromatic rings. The maximum atomic E-state index is 10.3. The maximum Gasteiger partial charge on any atom is 0.235 e. The van der Waals surface area contributed by atoms with Crippen molar-refractivity contribution in [3.05, 3.63) is 42.1 Å². The van der Waals surface area contributed by atoms with Gasteiger partial charge in [-0.25, -0.2) is 4.79 Å². The van der Waals surface area contributed by atoms with E-state index >= 15 is 0 Å². The van der Waals surface area contributed by atoms with Crippen LogP contribution in [0.2, 0.25) is 0 Å². The normalized spacial score (nSPS) is 11.9. The molecule has 2 rings (SSSR count). The molecular weight excluding hydrogens is 214 g/mol. The molecule has 4 nitrogen and oxygen atoms in total. The summed E-state index contributed by atoms with van der Waals surface area (Å²) in [5.41, 5.74) is 2.83. The molecule has 1 atom stereocenters. The topological polar surface area (TPSA) is 47.2 Å².